The predicted molar refractivity (Wildman–Crippen MR) is 102 cm³/mol. The van der Waals surface area contributed by atoms with Crippen molar-refractivity contribution in [1.29, 1.82) is 0 Å². The van der Waals surface area contributed by atoms with Gasteiger partial charge in [-0.25, -0.2) is 0 Å². The van der Waals surface area contributed by atoms with Gasteiger partial charge in [0.05, 0.1) is 12.2 Å². The molecular weight excluding hydrogens is 316 g/mol. The van der Waals surface area contributed by atoms with Crippen molar-refractivity contribution in [3.8, 4) is 0 Å². The summed E-state index contributed by atoms with van der Waals surface area (Å²) in [6, 6.07) is 7.21. The van der Waals surface area contributed by atoms with Crippen LogP contribution in [0.5, 0.6) is 0 Å². The van der Waals surface area contributed by atoms with Gasteiger partial charge in [-0.05, 0) is 50.5 Å². The number of ether oxygens (including phenoxy) is 1. The van der Waals surface area contributed by atoms with Crippen LogP contribution in [0.15, 0.2) is 48.7 Å². The number of amides is 1. The SMILES string of the molecule is C=C(C)C(=C)NCCOCCCC(=O)Nc1ccc(C(C)(C)O)cc1. The Bertz CT molecular complexity index is 586. The van der Waals surface area contributed by atoms with E-state index in [1.165, 1.54) is 0 Å². The minimum absolute atomic E-state index is 0.0478. The zero-order valence-corrected chi connectivity index (χ0v) is 15.5. The first kappa shape index (κ1) is 20.9. The maximum absolute atomic E-state index is 11.9. The lowest BCUT2D eigenvalue weighted by molar-refractivity contribution is -0.116. The summed E-state index contributed by atoms with van der Waals surface area (Å²) in [6.07, 6.45) is 1.06. The van der Waals surface area contributed by atoms with Crippen molar-refractivity contribution >= 4 is 11.6 Å². The van der Waals surface area contributed by atoms with Crippen molar-refractivity contribution in [2.45, 2.75) is 39.2 Å². The zero-order valence-electron chi connectivity index (χ0n) is 15.5. The number of hydrogen-bond acceptors (Lipinski definition) is 4. The van der Waals surface area contributed by atoms with E-state index in [1.807, 2.05) is 19.1 Å². The van der Waals surface area contributed by atoms with Crippen LogP contribution < -0.4 is 10.6 Å². The predicted octanol–water partition coefficient (Wildman–Crippen LogP) is 3.33. The average Bonchev–Trinajstić information content (AvgIpc) is 2.53. The molecule has 0 aliphatic heterocycles. The topological polar surface area (TPSA) is 70.6 Å². The molecule has 0 fully saturated rings. The second-order valence-electron chi connectivity index (χ2n) is 6.59. The molecule has 1 rings (SSSR count). The summed E-state index contributed by atoms with van der Waals surface area (Å²) in [7, 11) is 0. The first-order chi connectivity index (χ1) is 11.7. The second kappa shape index (κ2) is 10.0. The quantitative estimate of drug-likeness (QED) is 0.425. The van der Waals surface area contributed by atoms with Crippen LogP contribution in [0.1, 0.15) is 39.2 Å². The van der Waals surface area contributed by atoms with Crippen LogP contribution in [0.25, 0.3) is 0 Å². The number of carbonyl (C=O) groups is 1. The summed E-state index contributed by atoms with van der Waals surface area (Å²) in [4.78, 5) is 11.9. The average molecular weight is 346 g/mol. The number of allylic oxidation sites excluding steroid dienone is 1. The second-order valence-corrected chi connectivity index (χ2v) is 6.59. The molecule has 0 aliphatic carbocycles. The molecule has 5 heteroatoms. The molecule has 1 aromatic rings. The summed E-state index contributed by atoms with van der Waals surface area (Å²) in [6.45, 7) is 14.7. The van der Waals surface area contributed by atoms with Crippen LogP contribution in [0, 0.1) is 0 Å². The molecule has 3 N–H and O–H groups in total. The van der Waals surface area contributed by atoms with E-state index in [0.717, 1.165) is 22.5 Å². The largest absolute Gasteiger partial charge is 0.386 e. The van der Waals surface area contributed by atoms with Crippen LogP contribution >= 0.6 is 0 Å². The molecular formula is C20H30N2O3. The Labute approximate surface area is 150 Å². The Morgan fingerprint density at radius 2 is 1.84 bits per heavy atom. The van der Waals surface area contributed by atoms with E-state index < -0.39 is 5.60 Å². The van der Waals surface area contributed by atoms with E-state index in [2.05, 4.69) is 23.8 Å². The van der Waals surface area contributed by atoms with E-state index in [-0.39, 0.29) is 5.91 Å². The third-order valence-electron chi connectivity index (χ3n) is 3.67. The molecule has 25 heavy (non-hydrogen) atoms. The molecule has 0 saturated heterocycles. The van der Waals surface area contributed by atoms with Gasteiger partial charge < -0.3 is 20.5 Å². The normalized spacial score (nSPS) is 11.0. The highest BCUT2D eigenvalue weighted by Gasteiger charge is 2.15. The molecule has 1 amide bonds. The Balaban J connectivity index is 2.17. The maximum Gasteiger partial charge on any atom is 0.224 e. The van der Waals surface area contributed by atoms with Crippen molar-refractivity contribution < 1.29 is 14.6 Å². The van der Waals surface area contributed by atoms with Gasteiger partial charge in [0.25, 0.3) is 0 Å². The lowest BCUT2D eigenvalue weighted by Crippen LogP contribution is -2.19. The number of carbonyl (C=O) groups excluding carboxylic acids is 1. The Morgan fingerprint density at radius 3 is 2.40 bits per heavy atom. The van der Waals surface area contributed by atoms with E-state index >= 15 is 0 Å². The fourth-order valence-corrected chi connectivity index (χ4v) is 2.05. The molecule has 0 spiro atoms. The monoisotopic (exact) mass is 346 g/mol. The zero-order chi connectivity index (χ0) is 18.9. The molecule has 0 aromatic heterocycles. The fraction of sp³-hybridized carbons (Fsp3) is 0.450. The van der Waals surface area contributed by atoms with E-state index in [9.17, 15) is 9.90 Å². The molecule has 5 nitrogen and oxygen atoms in total. The molecule has 0 atom stereocenters. The minimum atomic E-state index is -0.883. The van der Waals surface area contributed by atoms with Crippen molar-refractivity contribution in [2.75, 3.05) is 25.1 Å². The lowest BCUT2D eigenvalue weighted by Gasteiger charge is -2.18. The first-order valence-electron chi connectivity index (χ1n) is 8.49. The molecule has 0 aliphatic rings. The van der Waals surface area contributed by atoms with Gasteiger partial charge in [-0.1, -0.05) is 25.3 Å². The van der Waals surface area contributed by atoms with Crippen LogP contribution in [0.2, 0.25) is 0 Å². The van der Waals surface area contributed by atoms with Gasteiger partial charge in [0.2, 0.25) is 5.91 Å². The van der Waals surface area contributed by atoms with Gasteiger partial charge in [0, 0.05) is 31.0 Å². The van der Waals surface area contributed by atoms with Gasteiger partial charge in [0.1, 0.15) is 0 Å². The van der Waals surface area contributed by atoms with Gasteiger partial charge in [0.15, 0.2) is 0 Å². The molecule has 0 radical (unpaired) electrons. The van der Waals surface area contributed by atoms with E-state index in [4.69, 9.17) is 4.74 Å². The van der Waals surface area contributed by atoms with Crippen molar-refractivity contribution in [2.24, 2.45) is 0 Å². The minimum Gasteiger partial charge on any atom is -0.386 e. The fourth-order valence-electron chi connectivity index (χ4n) is 2.05. The first-order valence-corrected chi connectivity index (χ1v) is 8.49. The van der Waals surface area contributed by atoms with Crippen molar-refractivity contribution in [3.63, 3.8) is 0 Å². The highest BCUT2D eigenvalue weighted by Crippen LogP contribution is 2.21. The highest BCUT2D eigenvalue weighted by atomic mass is 16.5. The summed E-state index contributed by atoms with van der Waals surface area (Å²) in [5, 5.41) is 15.9. The standard InChI is InChI=1S/C20H30N2O3/c1-15(2)16(3)21-12-14-25-13-6-7-19(23)22-18-10-8-17(9-11-18)20(4,5)24/h8-11,21,24H,1,3,6-7,12-14H2,2,4-5H3,(H,22,23). The van der Waals surface area contributed by atoms with Gasteiger partial charge >= 0.3 is 0 Å². The lowest BCUT2D eigenvalue weighted by atomic mass is 9.98. The van der Waals surface area contributed by atoms with Crippen LogP contribution in [-0.2, 0) is 15.1 Å². The number of anilines is 1. The number of hydrogen-bond donors (Lipinski definition) is 3. The van der Waals surface area contributed by atoms with Crippen LogP contribution in [0.4, 0.5) is 5.69 Å². The van der Waals surface area contributed by atoms with Gasteiger partial charge in [-0.15, -0.1) is 0 Å². The summed E-state index contributed by atoms with van der Waals surface area (Å²) >= 11 is 0. The van der Waals surface area contributed by atoms with Crippen LogP contribution in [-0.4, -0.2) is 30.8 Å². The number of rotatable bonds is 11. The smallest absolute Gasteiger partial charge is 0.224 e. The summed E-state index contributed by atoms with van der Waals surface area (Å²) in [5.41, 5.74) is 2.37. The van der Waals surface area contributed by atoms with Gasteiger partial charge in [-0.3, -0.25) is 4.79 Å². The maximum atomic E-state index is 11.9. The summed E-state index contributed by atoms with van der Waals surface area (Å²) in [5.74, 6) is -0.0478. The third kappa shape index (κ3) is 8.52. The number of nitrogens with one attached hydrogen (secondary N) is 2. The highest BCUT2D eigenvalue weighted by molar-refractivity contribution is 5.90. The van der Waals surface area contributed by atoms with Crippen molar-refractivity contribution in [1.82, 2.24) is 5.32 Å². The molecule has 1 aromatic carbocycles. The summed E-state index contributed by atoms with van der Waals surface area (Å²) < 4.78 is 5.48. The molecule has 0 unspecified atom stereocenters. The molecule has 138 valence electrons. The number of benzene rings is 1. The van der Waals surface area contributed by atoms with E-state index in [0.29, 0.717) is 32.6 Å². The van der Waals surface area contributed by atoms with Crippen molar-refractivity contribution in [3.05, 3.63) is 54.3 Å². The van der Waals surface area contributed by atoms with E-state index in [1.54, 1.807) is 26.0 Å². The molecule has 0 heterocycles. The molecule has 0 saturated carbocycles. The third-order valence-corrected chi connectivity index (χ3v) is 3.67. The molecule has 0 bridgehead atoms. The van der Waals surface area contributed by atoms with Crippen LogP contribution in [0.3, 0.4) is 0 Å². The Morgan fingerprint density at radius 1 is 1.20 bits per heavy atom. The Hall–Kier alpha value is -2.11. The van der Waals surface area contributed by atoms with Gasteiger partial charge in [-0.2, -0.15) is 0 Å². The Kier molecular flexibility index (Phi) is 8.38. The number of aliphatic hydroxyl groups is 1.